The first-order valence-electron chi connectivity index (χ1n) is 10.5. The van der Waals surface area contributed by atoms with Crippen molar-refractivity contribution >= 4 is 28.0 Å². The van der Waals surface area contributed by atoms with Crippen LogP contribution in [0.4, 0.5) is 10.2 Å². The van der Waals surface area contributed by atoms with Gasteiger partial charge in [-0.1, -0.05) is 12.1 Å². The van der Waals surface area contributed by atoms with Crippen LogP contribution in [0.1, 0.15) is 17.4 Å². The Morgan fingerprint density at radius 3 is 2.75 bits per heavy atom. The van der Waals surface area contributed by atoms with Gasteiger partial charge in [-0.15, -0.1) is 0 Å². The minimum atomic E-state index is -0.360. The molecule has 1 aromatic carbocycles. The topological polar surface area (TPSA) is 105 Å². The van der Waals surface area contributed by atoms with Gasteiger partial charge in [0.1, 0.15) is 11.6 Å². The Morgan fingerprint density at radius 2 is 1.84 bits per heavy atom. The number of benzene rings is 1. The molecule has 162 valence electrons. The maximum absolute atomic E-state index is 13.8. The first-order chi connectivity index (χ1) is 15.8. The van der Waals surface area contributed by atoms with Crippen molar-refractivity contribution in [2.45, 2.75) is 19.4 Å². The highest BCUT2D eigenvalue weighted by Gasteiger charge is 2.12. The number of rotatable bonds is 9. The van der Waals surface area contributed by atoms with E-state index in [1.54, 1.807) is 24.5 Å². The number of pyridine rings is 2. The third-order valence-electron chi connectivity index (χ3n) is 5.10. The van der Waals surface area contributed by atoms with Crippen molar-refractivity contribution in [2.75, 3.05) is 18.4 Å². The summed E-state index contributed by atoms with van der Waals surface area (Å²) in [5.74, 6) is 1.77. The van der Waals surface area contributed by atoms with E-state index >= 15 is 0 Å². The van der Waals surface area contributed by atoms with Gasteiger partial charge in [-0.3, -0.25) is 4.98 Å². The van der Waals surface area contributed by atoms with Crippen LogP contribution < -0.4 is 10.6 Å². The van der Waals surface area contributed by atoms with Crippen LogP contribution in [0.25, 0.3) is 22.1 Å². The molecule has 9 heteroatoms. The Morgan fingerprint density at radius 1 is 0.938 bits per heavy atom. The molecule has 32 heavy (non-hydrogen) atoms. The first-order valence-corrected chi connectivity index (χ1v) is 10.5. The van der Waals surface area contributed by atoms with Crippen LogP contribution in [0.5, 0.6) is 0 Å². The second-order valence-corrected chi connectivity index (χ2v) is 7.35. The summed E-state index contributed by atoms with van der Waals surface area (Å²) >= 11 is 0. The molecule has 0 saturated heterocycles. The van der Waals surface area contributed by atoms with E-state index in [1.165, 1.54) is 6.07 Å². The van der Waals surface area contributed by atoms with Crippen LogP contribution in [-0.4, -0.2) is 38.0 Å². The summed E-state index contributed by atoms with van der Waals surface area (Å²) < 4.78 is 19.7. The van der Waals surface area contributed by atoms with E-state index in [0.29, 0.717) is 34.9 Å². The summed E-state index contributed by atoms with van der Waals surface area (Å²) in [6.07, 6.45) is 4.65. The molecule has 8 nitrogen and oxygen atoms in total. The third-order valence-corrected chi connectivity index (χ3v) is 5.10. The summed E-state index contributed by atoms with van der Waals surface area (Å²) in [4.78, 5) is 20.8. The molecule has 5 aromatic rings. The largest absolute Gasteiger partial charge is 0.440 e. The number of nitrogens with zero attached hydrogens (tertiary/aromatic N) is 4. The fraction of sp³-hybridized carbons (Fsp3) is 0.217. The number of anilines is 1. The number of H-pyrrole nitrogens is 1. The quantitative estimate of drug-likeness (QED) is 0.306. The predicted molar refractivity (Wildman–Crippen MR) is 120 cm³/mol. The lowest BCUT2D eigenvalue weighted by Gasteiger charge is -2.05. The van der Waals surface area contributed by atoms with Crippen LogP contribution >= 0.6 is 0 Å². The van der Waals surface area contributed by atoms with Crippen molar-refractivity contribution in [3.8, 4) is 0 Å². The molecule has 3 N–H and O–H groups in total. The van der Waals surface area contributed by atoms with Crippen LogP contribution in [-0.2, 0) is 19.4 Å². The minimum absolute atomic E-state index is 0.213. The number of oxazole rings is 1. The van der Waals surface area contributed by atoms with Gasteiger partial charge in [0.25, 0.3) is 0 Å². The summed E-state index contributed by atoms with van der Waals surface area (Å²) in [6.45, 7) is 1.73. The van der Waals surface area contributed by atoms with Crippen LogP contribution in [0.15, 0.2) is 59.3 Å². The number of aromatic nitrogens is 5. The van der Waals surface area contributed by atoms with E-state index in [9.17, 15) is 4.39 Å². The molecule has 0 saturated carbocycles. The molecule has 0 fully saturated rings. The van der Waals surface area contributed by atoms with Crippen molar-refractivity contribution in [1.82, 2.24) is 30.2 Å². The molecule has 0 bridgehead atoms. The van der Waals surface area contributed by atoms with Crippen LogP contribution in [0, 0.1) is 5.82 Å². The summed E-state index contributed by atoms with van der Waals surface area (Å²) in [7, 11) is 0. The molecule has 0 spiro atoms. The smallest absolute Gasteiger partial charge is 0.196 e. The molecular formula is C23H22FN7O. The zero-order chi connectivity index (χ0) is 21.8. The molecule has 0 aliphatic carbocycles. The highest BCUT2D eigenvalue weighted by atomic mass is 19.1. The zero-order valence-electron chi connectivity index (χ0n) is 17.3. The van der Waals surface area contributed by atoms with Gasteiger partial charge in [0.2, 0.25) is 0 Å². The second kappa shape index (κ2) is 9.11. The van der Waals surface area contributed by atoms with E-state index in [-0.39, 0.29) is 12.4 Å². The van der Waals surface area contributed by atoms with Gasteiger partial charge in [-0.25, -0.2) is 19.3 Å². The lowest BCUT2D eigenvalue weighted by atomic mass is 10.3. The highest BCUT2D eigenvalue weighted by molar-refractivity contribution is 5.83. The van der Waals surface area contributed by atoms with Crippen molar-refractivity contribution < 1.29 is 8.81 Å². The lowest BCUT2D eigenvalue weighted by Crippen LogP contribution is -2.20. The molecule has 5 rings (SSSR count). The molecule has 4 heterocycles. The number of para-hydroxylation sites is 2. The van der Waals surface area contributed by atoms with E-state index < -0.39 is 0 Å². The second-order valence-electron chi connectivity index (χ2n) is 7.35. The third kappa shape index (κ3) is 4.42. The lowest BCUT2D eigenvalue weighted by molar-refractivity contribution is 0.515. The summed E-state index contributed by atoms with van der Waals surface area (Å²) in [5, 5.41) is 6.50. The Hall–Kier alpha value is -3.85. The number of halogens is 1. The Labute approximate surface area is 183 Å². The number of hydrogen-bond acceptors (Lipinski definition) is 7. The Bertz CT molecular complexity index is 1310. The normalized spacial score (nSPS) is 11.4. The van der Waals surface area contributed by atoms with Crippen molar-refractivity contribution in [3.05, 3.63) is 78.1 Å². The van der Waals surface area contributed by atoms with Gasteiger partial charge < -0.3 is 20.0 Å². The standard InChI is InChI=1S/C23H22FN7O/c24-15-4-3-10-26-18(15)14-28-23-22-19(7-13-27-23)32-21(31-22)9-12-25-11-8-20-29-16-5-1-2-6-17(16)30-20/h1-7,10,13,25H,8-9,11-12,14H2,(H,27,28)(H,29,30). The average molecular weight is 431 g/mol. The summed E-state index contributed by atoms with van der Waals surface area (Å²) in [6, 6.07) is 12.7. The highest BCUT2D eigenvalue weighted by Crippen LogP contribution is 2.22. The number of hydrogen-bond donors (Lipinski definition) is 3. The van der Waals surface area contributed by atoms with E-state index in [1.807, 2.05) is 24.3 Å². The fourth-order valence-electron chi connectivity index (χ4n) is 3.50. The van der Waals surface area contributed by atoms with Crippen LogP contribution in [0.2, 0.25) is 0 Å². The average Bonchev–Trinajstić information content (AvgIpc) is 3.42. The molecule has 4 aromatic heterocycles. The number of nitrogens with one attached hydrogen (secondary N) is 3. The van der Waals surface area contributed by atoms with E-state index in [4.69, 9.17) is 4.42 Å². The van der Waals surface area contributed by atoms with Gasteiger partial charge in [-0.05, 0) is 24.3 Å². The Kier molecular flexibility index (Phi) is 5.71. The van der Waals surface area contributed by atoms with Gasteiger partial charge in [0, 0.05) is 44.4 Å². The maximum atomic E-state index is 13.8. The number of imidazole rings is 1. The van der Waals surface area contributed by atoms with Crippen LogP contribution in [0.3, 0.4) is 0 Å². The molecule has 0 atom stereocenters. The van der Waals surface area contributed by atoms with Gasteiger partial charge in [0.15, 0.2) is 22.8 Å². The molecule has 0 amide bonds. The SMILES string of the molecule is Fc1cccnc1CNc1nccc2oc(CCNCCc3nc4ccccc4[nH]3)nc12. The molecule has 0 unspecified atom stereocenters. The fourth-order valence-corrected chi connectivity index (χ4v) is 3.50. The minimum Gasteiger partial charge on any atom is -0.440 e. The number of fused-ring (bicyclic) bond motifs is 2. The van der Waals surface area contributed by atoms with Crippen molar-refractivity contribution in [1.29, 1.82) is 0 Å². The molecular weight excluding hydrogens is 409 g/mol. The number of aromatic amines is 1. The van der Waals surface area contributed by atoms with Gasteiger partial charge >= 0.3 is 0 Å². The molecule has 0 aliphatic heterocycles. The molecule has 0 radical (unpaired) electrons. The monoisotopic (exact) mass is 431 g/mol. The first kappa shape index (κ1) is 20.1. The van der Waals surface area contributed by atoms with Gasteiger partial charge in [-0.2, -0.15) is 0 Å². The Balaban J connectivity index is 1.15. The zero-order valence-corrected chi connectivity index (χ0v) is 17.3. The van der Waals surface area contributed by atoms with E-state index in [2.05, 4.69) is 35.6 Å². The van der Waals surface area contributed by atoms with E-state index in [0.717, 1.165) is 36.4 Å². The van der Waals surface area contributed by atoms with Gasteiger partial charge in [0.05, 0.1) is 23.3 Å². The maximum Gasteiger partial charge on any atom is 0.196 e. The van der Waals surface area contributed by atoms with Crippen molar-refractivity contribution in [3.63, 3.8) is 0 Å². The predicted octanol–water partition coefficient (Wildman–Crippen LogP) is 3.62. The van der Waals surface area contributed by atoms with Crippen molar-refractivity contribution in [2.24, 2.45) is 0 Å². The summed E-state index contributed by atoms with van der Waals surface area (Å²) in [5.41, 5.74) is 3.63. The molecule has 0 aliphatic rings.